The van der Waals surface area contributed by atoms with Crippen molar-refractivity contribution in [2.75, 3.05) is 11.9 Å². The van der Waals surface area contributed by atoms with Crippen LogP contribution in [0.1, 0.15) is 28.5 Å². The van der Waals surface area contributed by atoms with Gasteiger partial charge >= 0.3 is 5.97 Å². The molecule has 160 valence electrons. The number of hydrogen-bond acceptors (Lipinski definition) is 7. The van der Waals surface area contributed by atoms with Gasteiger partial charge in [0, 0.05) is 35.8 Å². The van der Waals surface area contributed by atoms with Crippen LogP contribution in [-0.4, -0.2) is 33.0 Å². The van der Waals surface area contributed by atoms with Gasteiger partial charge in [-0.05, 0) is 39.0 Å². The Hall–Kier alpha value is -4.08. The number of aromatic nitrogens is 2. The summed E-state index contributed by atoms with van der Waals surface area (Å²) in [5.41, 5.74) is 0.946. The Morgan fingerprint density at radius 3 is 2.65 bits per heavy atom. The normalized spacial score (nSPS) is 10.7. The third kappa shape index (κ3) is 4.58. The summed E-state index contributed by atoms with van der Waals surface area (Å²) < 4.78 is 6.66. The van der Waals surface area contributed by atoms with Crippen LogP contribution in [0.2, 0.25) is 0 Å². The molecule has 0 aliphatic rings. The quantitative estimate of drug-likeness (QED) is 0.365. The van der Waals surface area contributed by atoms with Crippen LogP contribution in [0.15, 0.2) is 41.3 Å². The molecule has 0 aliphatic heterocycles. The molecule has 0 bridgehead atoms. The molecular formula is C21H20N4O6. The number of aryl methyl sites for hydroxylation is 3. The predicted octanol–water partition coefficient (Wildman–Crippen LogP) is 2.74. The van der Waals surface area contributed by atoms with Crippen molar-refractivity contribution < 1.29 is 19.2 Å². The predicted molar refractivity (Wildman–Crippen MR) is 113 cm³/mol. The van der Waals surface area contributed by atoms with E-state index in [1.807, 2.05) is 6.92 Å². The number of carbonyl (C=O) groups excluding carboxylic acids is 2. The van der Waals surface area contributed by atoms with Gasteiger partial charge in [0.2, 0.25) is 5.43 Å². The van der Waals surface area contributed by atoms with E-state index in [0.29, 0.717) is 17.8 Å². The maximum Gasteiger partial charge on any atom is 0.344 e. The number of esters is 1. The Balaban J connectivity index is 1.76. The van der Waals surface area contributed by atoms with Gasteiger partial charge in [0.1, 0.15) is 11.2 Å². The van der Waals surface area contributed by atoms with Crippen molar-refractivity contribution in [1.29, 1.82) is 0 Å². The van der Waals surface area contributed by atoms with Gasteiger partial charge in [0.05, 0.1) is 10.3 Å². The molecule has 0 fully saturated rings. The third-order valence-electron chi connectivity index (χ3n) is 4.65. The summed E-state index contributed by atoms with van der Waals surface area (Å²) in [6.45, 7) is 5.04. The van der Waals surface area contributed by atoms with Gasteiger partial charge in [-0.15, -0.1) is 0 Å². The average molecular weight is 424 g/mol. The van der Waals surface area contributed by atoms with Crippen LogP contribution in [0.4, 0.5) is 11.4 Å². The zero-order chi connectivity index (χ0) is 22.7. The molecule has 0 spiro atoms. The molecule has 10 heteroatoms. The number of fused-ring (bicyclic) bond motifs is 1. The Morgan fingerprint density at radius 1 is 1.23 bits per heavy atom. The minimum absolute atomic E-state index is 0.144. The molecule has 0 radical (unpaired) electrons. The highest BCUT2D eigenvalue weighted by Crippen LogP contribution is 2.22. The standard InChI is InChI=1S/C21H20N4O6/c1-4-24-10-16(19(27)15-8-6-13(3)22-20(15)24)21(28)31-11-18(26)23-14-7-5-12(2)17(9-14)25(29)30/h5-10H,4,11H2,1-3H3,(H,23,26). The van der Waals surface area contributed by atoms with E-state index in [1.54, 1.807) is 30.5 Å². The SMILES string of the molecule is CCn1cc(C(=O)OCC(=O)Nc2ccc(C)c([N+](=O)[O-])c2)c(=O)c2ccc(C)nc21. The van der Waals surface area contributed by atoms with E-state index in [9.17, 15) is 24.5 Å². The molecule has 0 atom stereocenters. The molecule has 0 saturated heterocycles. The van der Waals surface area contributed by atoms with Gasteiger partial charge < -0.3 is 14.6 Å². The summed E-state index contributed by atoms with van der Waals surface area (Å²) in [6.07, 6.45) is 1.36. The molecule has 3 rings (SSSR count). The Bertz CT molecular complexity index is 1260. The van der Waals surface area contributed by atoms with Crippen molar-refractivity contribution in [2.45, 2.75) is 27.3 Å². The monoisotopic (exact) mass is 424 g/mol. The number of anilines is 1. The number of nitrogens with one attached hydrogen (secondary N) is 1. The van der Waals surface area contributed by atoms with Gasteiger partial charge in [-0.25, -0.2) is 9.78 Å². The zero-order valence-electron chi connectivity index (χ0n) is 17.2. The highest BCUT2D eigenvalue weighted by molar-refractivity contribution is 5.97. The lowest BCUT2D eigenvalue weighted by Gasteiger charge is -2.11. The molecule has 10 nitrogen and oxygen atoms in total. The molecule has 2 aromatic heterocycles. The molecule has 1 amide bonds. The van der Waals surface area contributed by atoms with E-state index >= 15 is 0 Å². The highest BCUT2D eigenvalue weighted by atomic mass is 16.6. The number of benzene rings is 1. The minimum Gasteiger partial charge on any atom is -0.452 e. The maximum absolute atomic E-state index is 12.7. The summed E-state index contributed by atoms with van der Waals surface area (Å²) in [6, 6.07) is 7.48. The van der Waals surface area contributed by atoms with E-state index in [0.717, 1.165) is 5.69 Å². The van der Waals surface area contributed by atoms with Crippen LogP contribution in [0, 0.1) is 24.0 Å². The number of carbonyl (C=O) groups is 2. The van der Waals surface area contributed by atoms with Crippen LogP contribution in [0.3, 0.4) is 0 Å². The van der Waals surface area contributed by atoms with E-state index in [4.69, 9.17) is 4.74 Å². The first-order chi connectivity index (χ1) is 14.7. The largest absolute Gasteiger partial charge is 0.452 e. The lowest BCUT2D eigenvalue weighted by Crippen LogP contribution is -2.25. The van der Waals surface area contributed by atoms with Gasteiger partial charge in [0.25, 0.3) is 11.6 Å². The lowest BCUT2D eigenvalue weighted by molar-refractivity contribution is -0.385. The second kappa shape index (κ2) is 8.74. The number of ether oxygens (including phenoxy) is 1. The van der Waals surface area contributed by atoms with Crippen molar-refractivity contribution in [3.63, 3.8) is 0 Å². The molecule has 31 heavy (non-hydrogen) atoms. The number of nitro benzene ring substituents is 1. The van der Waals surface area contributed by atoms with Crippen molar-refractivity contribution in [1.82, 2.24) is 9.55 Å². The minimum atomic E-state index is -0.945. The molecule has 0 saturated carbocycles. The second-order valence-electron chi connectivity index (χ2n) is 6.86. The van der Waals surface area contributed by atoms with Crippen LogP contribution >= 0.6 is 0 Å². The smallest absolute Gasteiger partial charge is 0.344 e. The van der Waals surface area contributed by atoms with E-state index in [2.05, 4.69) is 10.3 Å². The first-order valence-corrected chi connectivity index (χ1v) is 9.44. The molecule has 0 aliphatic carbocycles. The molecule has 3 aromatic rings. The highest BCUT2D eigenvalue weighted by Gasteiger charge is 2.19. The lowest BCUT2D eigenvalue weighted by atomic mass is 10.2. The topological polar surface area (TPSA) is 133 Å². The van der Waals surface area contributed by atoms with Crippen molar-refractivity contribution in [2.24, 2.45) is 0 Å². The van der Waals surface area contributed by atoms with Crippen molar-refractivity contribution in [3.05, 3.63) is 73.7 Å². The molecule has 1 aromatic carbocycles. The van der Waals surface area contributed by atoms with E-state index in [-0.39, 0.29) is 22.3 Å². The maximum atomic E-state index is 12.7. The molecular weight excluding hydrogens is 404 g/mol. The number of hydrogen-bond donors (Lipinski definition) is 1. The number of nitrogens with zero attached hydrogens (tertiary/aromatic N) is 3. The molecule has 1 N–H and O–H groups in total. The van der Waals surface area contributed by atoms with Crippen LogP contribution < -0.4 is 10.7 Å². The van der Waals surface area contributed by atoms with Crippen LogP contribution in [0.5, 0.6) is 0 Å². The third-order valence-corrected chi connectivity index (χ3v) is 4.65. The fraction of sp³-hybridized carbons (Fsp3) is 0.238. The zero-order valence-corrected chi connectivity index (χ0v) is 17.2. The number of nitro groups is 1. The Kier molecular flexibility index (Phi) is 6.10. The number of pyridine rings is 2. The van der Waals surface area contributed by atoms with Crippen molar-refractivity contribution >= 4 is 34.3 Å². The fourth-order valence-corrected chi connectivity index (χ4v) is 3.04. The van der Waals surface area contributed by atoms with E-state index < -0.39 is 28.8 Å². The second-order valence-corrected chi connectivity index (χ2v) is 6.86. The summed E-state index contributed by atoms with van der Waals surface area (Å²) in [4.78, 5) is 52.1. The van der Waals surface area contributed by atoms with Gasteiger partial charge in [-0.3, -0.25) is 19.7 Å². The molecule has 2 heterocycles. The molecule has 0 unspecified atom stereocenters. The van der Waals surface area contributed by atoms with E-state index in [1.165, 1.54) is 24.4 Å². The fourth-order valence-electron chi connectivity index (χ4n) is 3.04. The Labute approximate surface area is 176 Å². The number of amides is 1. The number of rotatable bonds is 6. The van der Waals surface area contributed by atoms with Gasteiger partial charge in [0.15, 0.2) is 6.61 Å². The van der Waals surface area contributed by atoms with Gasteiger partial charge in [-0.1, -0.05) is 6.07 Å². The van der Waals surface area contributed by atoms with Crippen molar-refractivity contribution in [3.8, 4) is 0 Å². The summed E-state index contributed by atoms with van der Waals surface area (Å²) in [5, 5.41) is 13.7. The van der Waals surface area contributed by atoms with Crippen LogP contribution in [-0.2, 0) is 16.1 Å². The summed E-state index contributed by atoms with van der Waals surface area (Å²) >= 11 is 0. The first kappa shape index (κ1) is 21.6. The van der Waals surface area contributed by atoms with Crippen LogP contribution in [0.25, 0.3) is 11.0 Å². The van der Waals surface area contributed by atoms with Gasteiger partial charge in [-0.2, -0.15) is 0 Å². The average Bonchev–Trinajstić information content (AvgIpc) is 2.73. The first-order valence-electron chi connectivity index (χ1n) is 9.44. The Morgan fingerprint density at radius 2 is 1.97 bits per heavy atom. The summed E-state index contributed by atoms with van der Waals surface area (Å²) in [5.74, 6) is -1.64. The summed E-state index contributed by atoms with van der Waals surface area (Å²) in [7, 11) is 0.